The molecule has 1 aromatic heterocycles. The number of para-hydroxylation sites is 1. The first-order chi connectivity index (χ1) is 10.7. The zero-order valence-corrected chi connectivity index (χ0v) is 12.9. The van der Waals surface area contributed by atoms with Gasteiger partial charge in [-0.05, 0) is 50.4 Å². The van der Waals surface area contributed by atoms with Crippen LogP contribution in [0.3, 0.4) is 0 Å². The summed E-state index contributed by atoms with van der Waals surface area (Å²) in [5.74, 6) is 0.570. The second-order valence-corrected chi connectivity index (χ2v) is 5.89. The van der Waals surface area contributed by atoms with Crippen LogP contribution in [-0.4, -0.2) is 40.2 Å². The summed E-state index contributed by atoms with van der Waals surface area (Å²) in [4.78, 5) is 14.5. The second kappa shape index (κ2) is 6.32. The number of nitrogens with two attached hydrogens (primary N) is 1. The number of aryl methyl sites for hydroxylation is 1. The van der Waals surface area contributed by atoms with Crippen molar-refractivity contribution in [2.24, 2.45) is 11.7 Å². The zero-order valence-electron chi connectivity index (χ0n) is 12.9. The molecular weight excluding hydrogens is 276 g/mol. The molecular formula is C17H22N4O. The van der Waals surface area contributed by atoms with Gasteiger partial charge in [0.1, 0.15) is 0 Å². The van der Waals surface area contributed by atoms with E-state index in [9.17, 15) is 4.79 Å². The third-order valence-electron chi connectivity index (χ3n) is 4.34. The van der Waals surface area contributed by atoms with Gasteiger partial charge in [-0.2, -0.15) is 5.10 Å². The minimum atomic E-state index is 0.0215. The molecule has 5 heteroatoms. The van der Waals surface area contributed by atoms with Crippen LogP contribution in [0.25, 0.3) is 5.69 Å². The fourth-order valence-corrected chi connectivity index (χ4v) is 2.94. The summed E-state index contributed by atoms with van der Waals surface area (Å²) >= 11 is 0. The molecule has 22 heavy (non-hydrogen) atoms. The molecule has 2 aromatic rings. The molecule has 0 bridgehead atoms. The highest BCUT2D eigenvalue weighted by Gasteiger charge is 2.25. The molecule has 0 aliphatic carbocycles. The number of piperidine rings is 1. The molecule has 1 aromatic carbocycles. The number of benzene rings is 1. The maximum absolute atomic E-state index is 12.6. The Morgan fingerprint density at radius 2 is 1.95 bits per heavy atom. The van der Waals surface area contributed by atoms with Gasteiger partial charge in [0, 0.05) is 18.8 Å². The normalized spacial score (nSPS) is 16.0. The van der Waals surface area contributed by atoms with Crippen LogP contribution in [0.4, 0.5) is 0 Å². The third-order valence-corrected chi connectivity index (χ3v) is 4.34. The molecule has 0 saturated carbocycles. The number of rotatable bonds is 3. The highest BCUT2D eigenvalue weighted by molar-refractivity contribution is 5.92. The van der Waals surface area contributed by atoms with Gasteiger partial charge in [-0.25, -0.2) is 4.68 Å². The smallest absolute Gasteiger partial charge is 0.274 e. The predicted molar refractivity (Wildman–Crippen MR) is 86.0 cm³/mol. The Kier molecular flexibility index (Phi) is 4.24. The van der Waals surface area contributed by atoms with Gasteiger partial charge in [0.25, 0.3) is 5.91 Å². The molecule has 116 valence electrons. The summed E-state index contributed by atoms with van der Waals surface area (Å²) in [6.45, 7) is 4.23. The number of likely N-dealkylation sites (tertiary alicyclic amines) is 1. The van der Waals surface area contributed by atoms with Crippen molar-refractivity contribution in [2.45, 2.75) is 19.8 Å². The lowest BCUT2D eigenvalue weighted by Crippen LogP contribution is -2.40. The second-order valence-electron chi connectivity index (χ2n) is 5.89. The van der Waals surface area contributed by atoms with Crippen LogP contribution in [0.15, 0.2) is 36.4 Å². The van der Waals surface area contributed by atoms with Crippen LogP contribution >= 0.6 is 0 Å². The zero-order chi connectivity index (χ0) is 15.5. The van der Waals surface area contributed by atoms with Gasteiger partial charge >= 0.3 is 0 Å². The monoisotopic (exact) mass is 298 g/mol. The minimum Gasteiger partial charge on any atom is -0.337 e. The highest BCUT2D eigenvalue weighted by atomic mass is 16.2. The summed E-state index contributed by atoms with van der Waals surface area (Å²) in [5, 5.41) is 4.50. The first-order valence-electron chi connectivity index (χ1n) is 7.80. The first kappa shape index (κ1) is 14.8. The third kappa shape index (κ3) is 2.90. The van der Waals surface area contributed by atoms with Crippen LogP contribution in [0.5, 0.6) is 0 Å². The van der Waals surface area contributed by atoms with Gasteiger partial charge < -0.3 is 10.6 Å². The molecule has 3 rings (SSSR count). The van der Waals surface area contributed by atoms with Crippen molar-refractivity contribution in [1.29, 1.82) is 0 Å². The number of carbonyl (C=O) groups is 1. The Morgan fingerprint density at radius 1 is 1.27 bits per heavy atom. The number of aromatic nitrogens is 2. The molecule has 5 nitrogen and oxygen atoms in total. The van der Waals surface area contributed by atoms with Gasteiger partial charge in [-0.1, -0.05) is 18.2 Å². The van der Waals surface area contributed by atoms with E-state index in [1.54, 1.807) is 0 Å². The van der Waals surface area contributed by atoms with E-state index in [2.05, 4.69) is 5.10 Å². The molecule has 0 radical (unpaired) electrons. The lowest BCUT2D eigenvalue weighted by molar-refractivity contribution is 0.0687. The number of carbonyl (C=O) groups excluding carboxylic acids is 1. The van der Waals surface area contributed by atoms with E-state index in [-0.39, 0.29) is 5.91 Å². The van der Waals surface area contributed by atoms with Crippen molar-refractivity contribution >= 4 is 5.91 Å². The van der Waals surface area contributed by atoms with E-state index >= 15 is 0 Å². The van der Waals surface area contributed by atoms with Crippen molar-refractivity contribution in [2.75, 3.05) is 19.6 Å². The van der Waals surface area contributed by atoms with Crippen LogP contribution in [0.2, 0.25) is 0 Å². The van der Waals surface area contributed by atoms with Gasteiger partial charge in [0.05, 0.1) is 5.69 Å². The average molecular weight is 298 g/mol. The minimum absolute atomic E-state index is 0.0215. The Balaban J connectivity index is 1.77. The highest BCUT2D eigenvalue weighted by Crippen LogP contribution is 2.19. The number of amides is 1. The Hall–Kier alpha value is -2.14. The molecule has 2 heterocycles. The van der Waals surface area contributed by atoms with Crippen molar-refractivity contribution in [3.05, 3.63) is 47.8 Å². The standard InChI is InChI=1S/C17H22N4O/c1-13-11-16(19-21(13)15-5-3-2-4-6-15)17(22)20-9-7-14(12-18)8-10-20/h2-6,11,14H,7-10,12,18H2,1H3. The summed E-state index contributed by atoms with van der Waals surface area (Å²) < 4.78 is 1.82. The first-order valence-corrected chi connectivity index (χ1v) is 7.80. The Labute approximate surface area is 130 Å². The van der Waals surface area contributed by atoms with E-state index < -0.39 is 0 Å². The van der Waals surface area contributed by atoms with E-state index in [0.717, 1.165) is 37.3 Å². The molecule has 0 spiro atoms. The molecule has 0 atom stereocenters. The van der Waals surface area contributed by atoms with E-state index in [1.807, 2.05) is 52.9 Å². The molecule has 1 aliphatic heterocycles. The molecule has 2 N–H and O–H groups in total. The van der Waals surface area contributed by atoms with Crippen molar-refractivity contribution in [3.8, 4) is 5.69 Å². The maximum atomic E-state index is 12.6. The summed E-state index contributed by atoms with van der Waals surface area (Å²) in [5.41, 5.74) is 8.16. The quantitative estimate of drug-likeness (QED) is 0.942. The van der Waals surface area contributed by atoms with Gasteiger partial charge in [-0.15, -0.1) is 0 Å². The molecule has 1 aliphatic rings. The summed E-state index contributed by atoms with van der Waals surface area (Å²) in [6, 6.07) is 11.7. The number of hydrogen-bond acceptors (Lipinski definition) is 3. The maximum Gasteiger partial charge on any atom is 0.274 e. The van der Waals surface area contributed by atoms with E-state index in [0.29, 0.717) is 18.2 Å². The lowest BCUT2D eigenvalue weighted by atomic mass is 9.97. The van der Waals surface area contributed by atoms with Crippen LogP contribution in [0, 0.1) is 12.8 Å². The lowest BCUT2D eigenvalue weighted by Gasteiger charge is -2.30. The largest absolute Gasteiger partial charge is 0.337 e. The molecule has 1 saturated heterocycles. The van der Waals surface area contributed by atoms with Crippen molar-refractivity contribution in [1.82, 2.24) is 14.7 Å². The van der Waals surface area contributed by atoms with Gasteiger partial charge in [0.15, 0.2) is 5.69 Å². The number of hydrogen-bond donors (Lipinski definition) is 1. The van der Waals surface area contributed by atoms with Crippen molar-refractivity contribution < 1.29 is 4.79 Å². The Bertz CT molecular complexity index is 642. The average Bonchev–Trinajstić information content (AvgIpc) is 2.97. The van der Waals surface area contributed by atoms with E-state index in [1.165, 1.54) is 0 Å². The Morgan fingerprint density at radius 3 is 2.59 bits per heavy atom. The fourth-order valence-electron chi connectivity index (χ4n) is 2.94. The van der Waals surface area contributed by atoms with Gasteiger partial charge in [0.2, 0.25) is 0 Å². The predicted octanol–water partition coefficient (Wildman–Crippen LogP) is 1.99. The summed E-state index contributed by atoms with van der Waals surface area (Å²) in [6.07, 6.45) is 1.97. The molecule has 0 unspecified atom stereocenters. The van der Waals surface area contributed by atoms with Crippen molar-refractivity contribution in [3.63, 3.8) is 0 Å². The fraction of sp³-hybridized carbons (Fsp3) is 0.412. The van der Waals surface area contributed by atoms with Crippen LogP contribution in [0.1, 0.15) is 29.0 Å². The number of nitrogens with zero attached hydrogens (tertiary/aromatic N) is 3. The topological polar surface area (TPSA) is 64.2 Å². The molecule has 1 fully saturated rings. The SMILES string of the molecule is Cc1cc(C(=O)N2CCC(CN)CC2)nn1-c1ccccc1. The van der Waals surface area contributed by atoms with Gasteiger partial charge in [-0.3, -0.25) is 4.79 Å². The summed E-state index contributed by atoms with van der Waals surface area (Å²) in [7, 11) is 0. The molecule has 1 amide bonds. The van der Waals surface area contributed by atoms with Crippen LogP contribution < -0.4 is 5.73 Å². The van der Waals surface area contributed by atoms with E-state index in [4.69, 9.17) is 5.73 Å². The van der Waals surface area contributed by atoms with Crippen LogP contribution in [-0.2, 0) is 0 Å².